The Bertz CT molecular complexity index is 73.7. The highest BCUT2D eigenvalue weighted by atomic mass is 16.5. The molecule has 0 aromatic carbocycles. The zero-order valence-electron chi connectivity index (χ0n) is 7.26. The molecule has 0 saturated heterocycles. The molecule has 0 spiro atoms. The third-order valence-electron chi connectivity index (χ3n) is 1.41. The van der Waals surface area contributed by atoms with Gasteiger partial charge in [-0.05, 0) is 20.3 Å². The topological polar surface area (TPSA) is 35.2 Å². The maximum absolute atomic E-state index is 5.44. The first-order chi connectivity index (χ1) is 4.66. The van der Waals surface area contributed by atoms with Crippen LogP contribution in [-0.4, -0.2) is 12.3 Å². The van der Waals surface area contributed by atoms with Crippen LogP contribution in [0.5, 0.6) is 0 Å². The second kappa shape index (κ2) is 5.69. The van der Waals surface area contributed by atoms with Crippen LogP contribution in [0.2, 0.25) is 0 Å². The number of hydrogen-bond acceptors (Lipinski definition) is 2. The van der Waals surface area contributed by atoms with E-state index in [9.17, 15) is 0 Å². The lowest BCUT2D eigenvalue weighted by molar-refractivity contribution is 0.00683. The van der Waals surface area contributed by atoms with Crippen molar-refractivity contribution in [2.45, 2.75) is 52.4 Å². The summed E-state index contributed by atoms with van der Waals surface area (Å²) in [6.07, 6.45) is 3.78. The summed E-state index contributed by atoms with van der Waals surface area (Å²) in [4.78, 5) is 0. The van der Waals surface area contributed by atoms with E-state index in [2.05, 4.69) is 13.8 Å². The van der Waals surface area contributed by atoms with E-state index in [-0.39, 0.29) is 6.23 Å². The third-order valence-corrected chi connectivity index (χ3v) is 1.41. The predicted molar refractivity (Wildman–Crippen MR) is 43.7 cm³/mol. The van der Waals surface area contributed by atoms with Crippen molar-refractivity contribution in [2.24, 2.45) is 5.73 Å². The van der Waals surface area contributed by atoms with Crippen LogP contribution in [0, 0.1) is 0 Å². The SMILES string of the molecule is CCCCC(C)OC(C)N. The molecule has 2 atom stereocenters. The van der Waals surface area contributed by atoms with Crippen molar-refractivity contribution >= 4 is 0 Å². The van der Waals surface area contributed by atoms with Gasteiger partial charge in [0.25, 0.3) is 0 Å². The van der Waals surface area contributed by atoms with Gasteiger partial charge >= 0.3 is 0 Å². The van der Waals surface area contributed by atoms with Crippen molar-refractivity contribution in [3.05, 3.63) is 0 Å². The molecule has 2 heteroatoms. The van der Waals surface area contributed by atoms with Crippen molar-refractivity contribution in [1.82, 2.24) is 0 Å². The minimum Gasteiger partial charge on any atom is -0.361 e. The lowest BCUT2D eigenvalue weighted by Crippen LogP contribution is -2.24. The molecule has 10 heavy (non-hydrogen) atoms. The largest absolute Gasteiger partial charge is 0.361 e. The van der Waals surface area contributed by atoms with Gasteiger partial charge in [0.2, 0.25) is 0 Å². The Balaban J connectivity index is 3.16. The number of unbranched alkanes of at least 4 members (excludes halogenated alkanes) is 1. The molecule has 0 amide bonds. The molecular weight excluding hydrogens is 126 g/mol. The lowest BCUT2D eigenvalue weighted by atomic mass is 10.2. The van der Waals surface area contributed by atoms with Gasteiger partial charge in [-0.25, -0.2) is 0 Å². The lowest BCUT2D eigenvalue weighted by Gasteiger charge is -2.14. The Labute approximate surface area is 63.7 Å². The first-order valence-corrected chi connectivity index (χ1v) is 4.07. The molecule has 0 saturated carbocycles. The Hall–Kier alpha value is -0.0800. The summed E-state index contributed by atoms with van der Waals surface area (Å²) < 4.78 is 5.33. The minimum atomic E-state index is -0.119. The molecule has 0 aliphatic carbocycles. The van der Waals surface area contributed by atoms with Gasteiger partial charge < -0.3 is 10.5 Å². The van der Waals surface area contributed by atoms with Gasteiger partial charge in [0.1, 0.15) is 6.23 Å². The van der Waals surface area contributed by atoms with Crippen molar-refractivity contribution in [2.75, 3.05) is 0 Å². The third kappa shape index (κ3) is 6.05. The van der Waals surface area contributed by atoms with Crippen LogP contribution in [0.3, 0.4) is 0 Å². The van der Waals surface area contributed by atoms with Gasteiger partial charge in [0, 0.05) is 0 Å². The van der Waals surface area contributed by atoms with Crippen LogP contribution in [0.25, 0.3) is 0 Å². The normalized spacial score (nSPS) is 16.8. The highest BCUT2D eigenvalue weighted by molar-refractivity contribution is 4.50. The highest BCUT2D eigenvalue weighted by Crippen LogP contribution is 2.04. The van der Waals surface area contributed by atoms with Crippen LogP contribution in [0.4, 0.5) is 0 Å². The van der Waals surface area contributed by atoms with Crippen LogP contribution < -0.4 is 5.73 Å². The summed E-state index contributed by atoms with van der Waals surface area (Å²) in [5.74, 6) is 0. The standard InChI is InChI=1S/C8H19NO/c1-4-5-6-7(2)10-8(3)9/h7-8H,4-6,9H2,1-3H3. The smallest absolute Gasteiger partial charge is 0.103 e. The fourth-order valence-corrected chi connectivity index (χ4v) is 0.926. The van der Waals surface area contributed by atoms with E-state index in [1.165, 1.54) is 12.8 Å². The van der Waals surface area contributed by atoms with Gasteiger partial charge in [-0.15, -0.1) is 0 Å². The molecule has 2 unspecified atom stereocenters. The van der Waals surface area contributed by atoms with Gasteiger partial charge in [0.15, 0.2) is 0 Å². The molecule has 0 radical (unpaired) electrons. The molecule has 62 valence electrons. The fraction of sp³-hybridized carbons (Fsp3) is 1.00. The molecule has 0 aliphatic rings. The Morgan fingerprint density at radius 1 is 1.40 bits per heavy atom. The monoisotopic (exact) mass is 145 g/mol. The van der Waals surface area contributed by atoms with Crippen molar-refractivity contribution in [3.63, 3.8) is 0 Å². The summed E-state index contributed by atoms with van der Waals surface area (Å²) in [5.41, 5.74) is 5.44. The maximum atomic E-state index is 5.44. The maximum Gasteiger partial charge on any atom is 0.103 e. The van der Waals surface area contributed by atoms with E-state index in [0.29, 0.717) is 6.10 Å². The van der Waals surface area contributed by atoms with E-state index in [1.807, 2.05) is 6.92 Å². The highest BCUT2D eigenvalue weighted by Gasteiger charge is 2.02. The summed E-state index contributed by atoms with van der Waals surface area (Å²) in [6, 6.07) is 0. The minimum absolute atomic E-state index is 0.119. The summed E-state index contributed by atoms with van der Waals surface area (Å²) >= 11 is 0. The van der Waals surface area contributed by atoms with Crippen LogP contribution in [0.15, 0.2) is 0 Å². The van der Waals surface area contributed by atoms with E-state index < -0.39 is 0 Å². The Kier molecular flexibility index (Phi) is 5.64. The summed E-state index contributed by atoms with van der Waals surface area (Å²) in [5, 5.41) is 0. The molecule has 0 bridgehead atoms. The van der Waals surface area contributed by atoms with Crippen molar-refractivity contribution in [1.29, 1.82) is 0 Å². The molecule has 2 nitrogen and oxygen atoms in total. The summed E-state index contributed by atoms with van der Waals surface area (Å²) in [6.45, 7) is 6.11. The molecule has 0 heterocycles. The zero-order chi connectivity index (χ0) is 7.98. The number of nitrogens with two attached hydrogens (primary N) is 1. The molecule has 0 aliphatic heterocycles. The van der Waals surface area contributed by atoms with E-state index in [1.54, 1.807) is 0 Å². The second-order valence-corrected chi connectivity index (χ2v) is 2.79. The predicted octanol–water partition coefficient (Wildman–Crippen LogP) is 1.89. The summed E-state index contributed by atoms with van der Waals surface area (Å²) in [7, 11) is 0. The van der Waals surface area contributed by atoms with Crippen LogP contribution in [-0.2, 0) is 4.74 Å². The van der Waals surface area contributed by atoms with E-state index in [0.717, 1.165) is 6.42 Å². The fourth-order valence-electron chi connectivity index (χ4n) is 0.926. The van der Waals surface area contributed by atoms with Gasteiger partial charge in [-0.3, -0.25) is 0 Å². The Morgan fingerprint density at radius 3 is 2.40 bits per heavy atom. The Morgan fingerprint density at radius 2 is 2.00 bits per heavy atom. The van der Waals surface area contributed by atoms with Crippen molar-refractivity contribution < 1.29 is 4.74 Å². The average Bonchev–Trinajstić information content (AvgIpc) is 1.82. The number of hydrogen-bond donors (Lipinski definition) is 1. The molecule has 0 aromatic heterocycles. The van der Waals surface area contributed by atoms with Gasteiger partial charge in [-0.1, -0.05) is 19.8 Å². The van der Waals surface area contributed by atoms with E-state index >= 15 is 0 Å². The number of ether oxygens (including phenoxy) is 1. The van der Waals surface area contributed by atoms with Crippen LogP contribution in [0.1, 0.15) is 40.0 Å². The molecule has 0 fully saturated rings. The van der Waals surface area contributed by atoms with Gasteiger partial charge in [0.05, 0.1) is 6.10 Å². The molecule has 0 rings (SSSR count). The van der Waals surface area contributed by atoms with Crippen LogP contribution >= 0.6 is 0 Å². The first kappa shape index (κ1) is 9.92. The van der Waals surface area contributed by atoms with Crippen molar-refractivity contribution in [3.8, 4) is 0 Å². The molecular formula is C8H19NO. The first-order valence-electron chi connectivity index (χ1n) is 4.07. The second-order valence-electron chi connectivity index (χ2n) is 2.79. The van der Waals surface area contributed by atoms with E-state index in [4.69, 9.17) is 10.5 Å². The average molecular weight is 145 g/mol. The molecule has 0 aromatic rings. The number of rotatable bonds is 5. The van der Waals surface area contributed by atoms with Gasteiger partial charge in [-0.2, -0.15) is 0 Å². The zero-order valence-corrected chi connectivity index (χ0v) is 7.26. The molecule has 2 N–H and O–H groups in total. The quantitative estimate of drug-likeness (QED) is 0.599.